The second kappa shape index (κ2) is 7.06. The lowest BCUT2D eigenvalue weighted by molar-refractivity contribution is 0.0939. The molecule has 2 aromatic heterocycles. The Balaban J connectivity index is 1.72. The fourth-order valence-corrected chi connectivity index (χ4v) is 3.91. The lowest BCUT2D eigenvalue weighted by Gasteiger charge is -2.18. The number of carbonyl (C=O) groups excluding carboxylic acids is 1. The molecule has 1 aromatic carbocycles. The summed E-state index contributed by atoms with van der Waals surface area (Å²) in [6.45, 7) is 8.52. The van der Waals surface area contributed by atoms with Gasteiger partial charge in [-0.05, 0) is 40.3 Å². The van der Waals surface area contributed by atoms with E-state index in [1.54, 1.807) is 11.3 Å². The van der Waals surface area contributed by atoms with Crippen molar-refractivity contribution in [2.45, 2.75) is 39.2 Å². The molecule has 6 heteroatoms. The van der Waals surface area contributed by atoms with Crippen molar-refractivity contribution in [2.75, 3.05) is 0 Å². The van der Waals surface area contributed by atoms with Gasteiger partial charge in [0.25, 0.3) is 5.91 Å². The largest absolute Gasteiger partial charge is 0.343 e. The SMILES string of the molecule is C[C@@H](NC(=O)c1nnc(-c2ccc(C(C)(C)C)cc2)s1)c1ccsc1. The molecule has 0 spiro atoms. The summed E-state index contributed by atoms with van der Waals surface area (Å²) in [5.74, 6) is -0.186. The molecule has 130 valence electrons. The van der Waals surface area contributed by atoms with Crippen LogP contribution in [-0.2, 0) is 5.41 Å². The van der Waals surface area contributed by atoms with Gasteiger partial charge in [0.15, 0.2) is 0 Å². The minimum absolute atomic E-state index is 0.0443. The molecule has 1 amide bonds. The van der Waals surface area contributed by atoms with E-state index < -0.39 is 0 Å². The van der Waals surface area contributed by atoms with Crippen LogP contribution in [0.5, 0.6) is 0 Å². The van der Waals surface area contributed by atoms with Crippen LogP contribution in [0.3, 0.4) is 0 Å². The molecule has 0 saturated carbocycles. The molecule has 0 aliphatic heterocycles. The van der Waals surface area contributed by atoms with E-state index in [0.29, 0.717) is 5.01 Å². The van der Waals surface area contributed by atoms with Gasteiger partial charge in [0, 0.05) is 5.56 Å². The van der Waals surface area contributed by atoms with Gasteiger partial charge < -0.3 is 5.32 Å². The van der Waals surface area contributed by atoms with E-state index in [-0.39, 0.29) is 17.4 Å². The minimum atomic E-state index is -0.186. The van der Waals surface area contributed by atoms with Gasteiger partial charge in [0.05, 0.1) is 6.04 Å². The molecule has 0 bridgehead atoms. The molecule has 0 aliphatic carbocycles. The Morgan fingerprint density at radius 2 is 1.84 bits per heavy atom. The highest BCUT2D eigenvalue weighted by Gasteiger charge is 2.18. The topological polar surface area (TPSA) is 54.9 Å². The summed E-state index contributed by atoms with van der Waals surface area (Å²) in [5.41, 5.74) is 3.46. The molecule has 0 aliphatic rings. The van der Waals surface area contributed by atoms with Crippen molar-refractivity contribution < 1.29 is 4.79 Å². The normalized spacial score (nSPS) is 12.8. The zero-order valence-electron chi connectivity index (χ0n) is 14.7. The highest BCUT2D eigenvalue weighted by atomic mass is 32.1. The first kappa shape index (κ1) is 17.8. The fraction of sp³-hybridized carbons (Fsp3) is 0.316. The lowest BCUT2D eigenvalue weighted by Crippen LogP contribution is -2.26. The first-order valence-corrected chi connectivity index (χ1v) is 9.88. The van der Waals surface area contributed by atoms with Crippen LogP contribution < -0.4 is 5.32 Å². The van der Waals surface area contributed by atoms with Crippen LogP contribution >= 0.6 is 22.7 Å². The van der Waals surface area contributed by atoms with E-state index in [9.17, 15) is 4.79 Å². The van der Waals surface area contributed by atoms with Crippen LogP contribution in [0.1, 0.15) is 54.7 Å². The van der Waals surface area contributed by atoms with Crippen LogP contribution in [0.4, 0.5) is 0 Å². The molecular formula is C19H21N3OS2. The molecule has 4 nitrogen and oxygen atoms in total. The zero-order chi connectivity index (χ0) is 18.0. The van der Waals surface area contributed by atoms with E-state index in [2.05, 4.69) is 48.4 Å². The Hall–Kier alpha value is -2.05. The third-order valence-corrected chi connectivity index (χ3v) is 5.68. The van der Waals surface area contributed by atoms with Gasteiger partial charge in [-0.3, -0.25) is 4.79 Å². The number of thiophene rings is 1. The number of hydrogen-bond donors (Lipinski definition) is 1. The monoisotopic (exact) mass is 371 g/mol. The molecule has 1 N–H and O–H groups in total. The van der Waals surface area contributed by atoms with E-state index >= 15 is 0 Å². The zero-order valence-corrected chi connectivity index (χ0v) is 16.4. The van der Waals surface area contributed by atoms with Gasteiger partial charge in [0.2, 0.25) is 5.01 Å². The van der Waals surface area contributed by atoms with Crippen LogP contribution in [0.25, 0.3) is 10.6 Å². The van der Waals surface area contributed by atoms with Crippen molar-refractivity contribution >= 4 is 28.6 Å². The van der Waals surface area contributed by atoms with Gasteiger partial charge in [-0.25, -0.2) is 0 Å². The number of nitrogens with zero attached hydrogens (tertiary/aromatic N) is 2. The van der Waals surface area contributed by atoms with Crippen molar-refractivity contribution in [1.82, 2.24) is 15.5 Å². The summed E-state index contributed by atoms with van der Waals surface area (Å²) >= 11 is 2.93. The maximum absolute atomic E-state index is 12.4. The van der Waals surface area contributed by atoms with Crippen molar-refractivity contribution in [3.63, 3.8) is 0 Å². The highest BCUT2D eigenvalue weighted by molar-refractivity contribution is 7.16. The molecule has 25 heavy (non-hydrogen) atoms. The summed E-state index contributed by atoms with van der Waals surface area (Å²) in [4.78, 5) is 12.4. The van der Waals surface area contributed by atoms with Crippen LogP contribution in [-0.4, -0.2) is 16.1 Å². The number of nitrogens with one attached hydrogen (secondary N) is 1. The Morgan fingerprint density at radius 3 is 2.44 bits per heavy atom. The summed E-state index contributed by atoms with van der Waals surface area (Å²) in [6, 6.07) is 10.3. The van der Waals surface area contributed by atoms with Gasteiger partial charge in [0.1, 0.15) is 5.01 Å². The van der Waals surface area contributed by atoms with Crippen LogP contribution in [0, 0.1) is 0 Å². The summed E-state index contributed by atoms with van der Waals surface area (Å²) in [7, 11) is 0. The van der Waals surface area contributed by atoms with Gasteiger partial charge in [-0.2, -0.15) is 11.3 Å². The lowest BCUT2D eigenvalue weighted by atomic mass is 9.87. The predicted molar refractivity (Wildman–Crippen MR) is 104 cm³/mol. The molecular weight excluding hydrogens is 350 g/mol. The second-order valence-electron chi connectivity index (χ2n) is 6.99. The molecule has 3 aromatic rings. The molecule has 0 saturated heterocycles. The molecule has 0 radical (unpaired) electrons. The van der Waals surface area contributed by atoms with E-state index in [4.69, 9.17) is 0 Å². The Labute approximate surface area is 156 Å². The van der Waals surface area contributed by atoms with Crippen molar-refractivity contribution in [3.05, 3.63) is 57.2 Å². The summed E-state index contributed by atoms with van der Waals surface area (Å²) in [5, 5.41) is 16.4. The Kier molecular flexibility index (Phi) is 5.01. The van der Waals surface area contributed by atoms with Gasteiger partial charge in [-0.15, -0.1) is 10.2 Å². The fourth-order valence-electron chi connectivity index (χ4n) is 2.41. The van der Waals surface area contributed by atoms with E-state index in [0.717, 1.165) is 16.1 Å². The number of rotatable bonds is 4. The third kappa shape index (κ3) is 4.14. The van der Waals surface area contributed by atoms with E-state index in [1.165, 1.54) is 16.9 Å². The number of carbonyl (C=O) groups is 1. The summed E-state index contributed by atoms with van der Waals surface area (Å²) < 4.78 is 0. The first-order valence-electron chi connectivity index (χ1n) is 8.12. The highest BCUT2D eigenvalue weighted by Crippen LogP contribution is 2.28. The standard InChI is InChI=1S/C19H21N3OS2/c1-12(14-9-10-24-11-14)20-16(23)18-22-21-17(25-18)13-5-7-15(8-6-13)19(2,3)4/h5-12H,1-4H3,(H,20,23)/t12-/m1/s1. The third-order valence-electron chi connectivity index (χ3n) is 4.01. The quantitative estimate of drug-likeness (QED) is 0.698. The summed E-state index contributed by atoms with van der Waals surface area (Å²) in [6.07, 6.45) is 0. The minimum Gasteiger partial charge on any atom is -0.343 e. The predicted octanol–water partition coefficient (Wildman–Crippen LogP) is 5.06. The molecule has 0 fully saturated rings. The second-order valence-corrected chi connectivity index (χ2v) is 8.75. The van der Waals surface area contributed by atoms with E-state index in [1.807, 2.05) is 35.9 Å². The van der Waals surface area contributed by atoms with Gasteiger partial charge >= 0.3 is 0 Å². The number of amides is 1. The number of aromatic nitrogens is 2. The van der Waals surface area contributed by atoms with Crippen LogP contribution in [0.15, 0.2) is 41.1 Å². The van der Waals surface area contributed by atoms with Crippen molar-refractivity contribution in [2.24, 2.45) is 0 Å². The Bertz CT molecular complexity index is 846. The maximum Gasteiger partial charge on any atom is 0.282 e. The average Bonchev–Trinajstić information content (AvgIpc) is 3.26. The number of benzene rings is 1. The number of hydrogen-bond acceptors (Lipinski definition) is 5. The van der Waals surface area contributed by atoms with Crippen LogP contribution in [0.2, 0.25) is 0 Å². The molecule has 3 rings (SSSR count). The van der Waals surface area contributed by atoms with Crippen molar-refractivity contribution in [1.29, 1.82) is 0 Å². The molecule has 2 heterocycles. The van der Waals surface area contributed by atoms with Gasteiger partial charge in [-0.1, -0.05) is 56.4 Å². The molecule has 1 atom stereocenters. The molecule has 0 unspecified atom stereocenters. The maximum atomic E-state index is 12.4. The van der Waals surface area contributed by atoms with Crippen molar-refractivity contribution in [3.8, 4) is 10.6 Å². The Morgan fingerprint density at radius 1 is 1.12 bits per heavy atom. The smallest absolute Gasteiger partial charge is 0.282 e. The first-order chi connectivity index (χ1) is 11.8. The average molecular weight is 372 g/mol.